The van der Waals surface area contributed by atoms with Crippen molar-refractivity contribution in [2.24, 2.45) is 0 Å². The van der Waals surface area contributed by atoms with Gasteiger partial charge in [0, 0.05) is 12.6 Å². The summed E-state index contributed by atoms with van der Waals surface area (Å²) in [5.41, 5.74) is -0.180. The number of rotatable bonds is 2. The number of aliphatic hydroxyl groups is 2. The van der Waals surface area contributed by atoms with E-state index >= 15 is 0 Å². The SMILES string of the molecule is O=c1[nH]c(=S)n(C2CCC(O)O2)cc1CO. The van der Waals surface area contributed by atoms with E-state index in [1.165, 1.54) is 6.20 Å². The quantitative estimate of drug-likeness (QED) is 0.639. The van der Waals surface area contributed by atoms with E-state index in [1.807, 2.05) is 0 Å². The van der Waals surface area contributed by atoms with E-state index in [9.17, 15) is 9.90 Å². The number of hydrogen-bond acceptors (Lipinski definition) is 5. The molecule has 2 rings (SSSR count). The summed E-state index contributed by atoms with van der Waals surface area (Å²) in [5.74, 6) is 0. The zero-order valence-corrected chi connectivity index (χ0v) is 9.24. The molecule has 0 aromatic carbocycles. The summed E-state index contributed by atoms with van der Waals surface area (Å²) in [4.78, 5) is 13.8. The van der Waals surface area contributed by atoms with Crippen molar-refractivity contribution in [2.45, 2.75) is 32.0 Å². The van der Waals surface area contributed by atoms with Gasteiger partial charge in [-0.2, -0.15) is 0 Å². The van der Waals surface area contributed by atoms with Crippen molar-refractivity contribution in [3.63, 3.8) is 0 Å². The molecule has 1 fully saturated rings. The summed E-state index contributed by atoms with van der Waals surface area (Å²) >= 11 is 4.99. The molecule has 3 N–H and O–H groups in total. The molecule has 1 aromatic heterocycles. The van der Waals surface area contributed by atoms with Crippen molar-refractivity contribution < 1.29 is 14.9 Å². The van der Waals surface area contributed by atoms with Crippen LogP contribution in [0.15, 0.2) is 11.0 Å². The third-order valence-electron chi connectivity index (χ3n) is 2.50. The van der Waals surface area contributed by atoms with Gasteiger partial charge in [-0.15, -0.1) is 0 Å². The Bertz CT molecular complexity index is 495. The summed E-state index contributed by atoms with van der Waals surface area (Å²) in [6.45, 7) is -0.361. The molecule has 0 saturated carbocycles. The topological polar surface area (TPSA) is 87.5 Å². The lowest BCUT2D eigenvalue weighted by Gasteiger charge is -2.15. The normalized spacial score (nSPS) is 24.9. The smallest absolute Gasteiger partial charge is 0.257 e. The van der Waals surface area contributed by atoms with Crippen LogP contribution in [0, 0.1) is 4.77 Å². The highest BCUT2D eigenvalue weighted by atomic mass is 32.1. The van der Waals surface area contributed by atoms with E-state index in [2.05, 4.69) is 4.98 Å². The number of aliphatic hydroxyl groups excluding tert-OH is 2. The summed E-state index contributed by atoms with van der Waals surface area (Å²) in [6.07, 6.45) is 1.43. The van der Waals surface area contributed by atoms with Crippen LogP contribution in [0.3, 0.4) is 0 Å². The first-order valence-electron chi connectivity index (χ1n) is 4.90. The van der Waals surface area contributed by atoms with Gasteiger partial charge in [-0.05, 0) is 18.6 Å². The van der Waals surface area contributed by atoms with Crippen LogP contribution in [0.1, 0.15) is 24.6 Å². The maximum atomic E-state index is 11.3. The molecular weight excluding hydrogens is 232 g/mol. The number of aromatic nitrogens is 2. The van der Waals surface area contributed by atoms with Gasteiger partial charge in [-0.3, -0.25) is 14.3 Å². The number of hydrogen-bond donors (Lipinski definition) is 3. The van der Waals surface area contributed by atoms with Crippen molar-refractivity contribution in [3.8, 4) is 0 Å². The maximum absolute atomic E-state index is 11.3. The van der Waals surface area contributed by atoms with E-state index in [4.69, 9.17) is 22.1 Å². The van der Waals surface area contributed by atoms with Crippen LogP contribution in [0.5, 0.6) is 0 Å². The van der Waals surface area contributed by atoms with Crippen LogP contribution >= 0.6 is 12.2 Å². The monoisotopic (exact) mass is 244 g/mol. The van der Waals surface area contributed by atoms with Gasteiger partial charge in [0.1, 0.15) is 6.23 Å². The molecule has 0 aliphatic carbocycles. The van der Waals surface area contributed by atoms with E-state index in [0.29, 0.717) is 12.8 Å². The fourth-order valence-electron chi connectivity index (χ4n) is 1.66. The molecule has 2 heterocycles. The largest absolute Gasteiger partial charge is 0.391 e. The summed E-state index contributed by atoms with van der Waals surface area (Å²) in [7, 11) is 0. The molecule has 0 bridgehead atoms. The van der Waals surface area contributed by atoms with Crippen LogP contribution in [0.4, 0.5) is 0 Å². The Morgan fingerprint density at radius 2 is 2.38 bits per heavy atom. The van der Waals surface area contributed by atoms with Gasteiger partial charge in [0.15, 0.2) is 11.1 Å². The average Bonchev–Trinajstić information content (AvgIpc) is 2.65. The minimum absolute atomic E-state index is 0.221. The van der Waals surface area contributed by atoms with E-state index in [0.717, 1.165) is 0 Å². The maximum Gasteiger partial charge on any atom is 0.257 e. The molecular formula is C9H12N2O4S. The fraction of sp³-hybridized carbons (Fsp3) is 0.556. The molecule has 0 spiro atoms. The molecule has 2 atom stereocenters. The Morgan fingerprint density at radius 3 is 2.94 bits per heavy atom. The number of ether oxygens (including phenoxy) is 1. The first-order chi connectivity index (χ1) is 7.61. The highest BCUT2D eigenvalue weighted by Crippen LogP contribution is 2.26. The predicted octanol–water partition coefficient (Wildman–Crippen LogP) is 0.0256. The second kappa shape index (κ2) is 4.46. The van der Waals surface area contributed by atoms with Crippen molar-refractivity contribution in [1.29, 1.82) is 0 Å². The van der Waals surface area contributed by atoms with Crippen LogP contribution in [-0.2, 0) is 11.3 Å². The second-order valence-electron chi connectivity index (χ2n) is 3.60. The number of aromatic amines is 1. The molecule has 7 heteroatoms. The molecule has 1 aliphatic heterocycles. The highest BCUT2D eigenvalue weighted by Gasteiger charge is 2.25. The Labute approximate surface area is 96.1 Å². The van der Waals surface area contributed by atoms with Crippen LogP contribution in [-0.4, -0.2) is 26.1 Å². The summed E-state index contributed by atoms with van der Waals surface area (Å²) in [6, 6.07) is 0. The van der Waals surface area contributed by atoms with Gasteiger partial charge in [0.2, 0.25) is 0 Å². The van der Waals surface area contributed by atoms with Crippen molar-refractivity contribution in [2.75, 3.05) is 0 Å². The minimum atomic E-state index is -0.795. The van der Waals surface area contributed by atoms with Gasteiger partial charge in [0.25, 0.3) is 5.56 Å². The zero-order chi connectivity index (χ0) is 11.7. The van der Waals surface area contributed by atoms with Crippen molar-refractivity contribution >= 4 is 12.2 Å². The third kappa shape index (κ3) is 2.07. The second-order valence-corrected chi connectivity index (χ2v) is 3.99. The number of nitrogens with zero attached hydrogens (tertiary/aromatic N) is 1. The standard InChI is InChI=1S/C9H12N2O4S/c12-4-5-3-11(9(16)10-8(5)14)6-1-2-7(13)15-6/h3,6-7,12-13H,1-2,4H2,(H,10,14,16). The molecule has 1 aliphatic rings. The van der Waals surface area contributed by atoms with E-state index in [1.54, 1.807) is 4.57 Å². The third-order valence-corrected chi connectivity index (χ3v) is 2.81. The highest BCUT2D eigenvalue weighted by molar-refractivity contribution is 7.71. The Kier molecular flexibility index (Phi) is 3.20. The van der Waals surface area contributed by atoms with Crippen LogP contribution in [0.25, 0.3) is 0 Å². The average molecular weight is 244 g/mol. The molecule has 1 aromatic rings. The van der Waals surface area contributed by atoms with Gasteiger partial charge >= 0.3 is 0 Å². The molecule has 88 valence electrons. The Balaban J connectivity index is 2.41. The molecule has 16 heavy (non-hydrogen) atoms. The van der Waals surface area contributed by atoms with Crippen LogP contribution < -0.4 is 5.56 Å². The van der Waals surface area contributed by atoms with Gasteiger partial charge in [-0.25, -0.2) is 0 Å². The number of H-pyrrole nitrogens is 1. The van der Waals surface area contributed by atoms with E-state index < -0.39 is 11.8 Å². The summed E-state index contributed by atoms with van der Waals surface area (Å²) < 4.78 is 6.98. The predicted molar refractivity (Wildman–Crippen MR) is 57.2 cm³/mol. The number of nitrogens with one attached hydrogen (secondary N) is 1. The molecule has 0 amide bonds. The van der Waals surface area contributed by atoms with E-state index in [-0.39, 0.29) is 23.2 Å². The first kappa shape index (κ1) is 11.5. The molecule has 1 saturated heterocycles. The van der Waals surface area contributed by atoms with Gasteiger partial charge in [-0.1, -0.05) is 0 Å². The minimum Gasteiger partial charge on any atom is -0.391 e. The van der Waals surface area contributed by atoms with Crippen molar-refractivity contribution in [3.05, 3.63) is 26.9 Å². The molecule has 2 unspecified atom stereocenters. The zero-order valence-electron chi connectivity index (χ0n) is 8.42. The Morgan fingerprint density at radius 1 is 1.62 bits per heavy atom. The molecule has 0 radical (unpaired) electrons. The first-order valence-corrected chi connectivity index (χ1v) is 5.31. The van der Waals surface area contributed by atoms with Crippen molar-refractivity contribution in [1.82, 2.24) is 9.55 Å². The molecule has 6 nitrogen and oxygen atoms in total. The van der Waals surface area contributed by atoms with Gasteiger partial charge in [0.05, 0.1) is 12.2 Å². The fourth-order valence-corrected chi connectivity index (χ4v) is 1.92. The summed E-state index contributed by atoms with van der Waals surface area (Å²) in [5, 5.41) is 18.2. The lowest BCUT2D eigenvalue weighted by atomic mass is 10.3. The lowest BCUT2D eigenvalue weighted by Crippen LogP contribution is -2.21. The van der Waals surface area contributed by atoms with Crippen LogP contribution in [0.2, 0.25) is 0 Å². The Hall–Kier alpha value is -1.02. The lowest BCUT2D eigenvalue weighted by molar-refractivity contribution is -0.113. The van der Waals surface area contributed by atoms with Gasteiger partial charge < -0.3 is 14.9 Å².